The van der Waals surface area contributed by atoms with Crippen LogP contribution in [0.2, 0.25) is 0 Å². The van der Waals surface area contributed by atoms with Crippen LogP contribution < -0.4 is 10.5 Å². The van der Waals surface area contributed by atoms with Gasteiger partial charge in [-0.25, -0.2) is 22.2 Å². The lowest BCUT2D eigenvalue weighted by molar-refractivity contribution is 0.209. The highest BCUT2D eigenvalue weighted by Gasteiger charge is 2.19. The van der Waals surface area contributed by atoms with Crippen LogP contribution in [-0.4, -0.2) is 23.5 Å². The Hall–Kier alpha value is -2.87. The first kappa shape index (κ1) is 14.1. The van der Waals surface area contributed by atoms with E-state index in [1.807, 2.05) is 0 Å². The molecule has 112 valence electrons. The van der Waals surface area contributed by atoms with Crippen LogP contribution in [0.25, 0.3) is 10.9 Å². The summed E-state index contributed by atoms with van der Waals surface area (Å²) in [5.74, 6) is -0.0665. The zero-order chi connectivity index (χ0) is 15.7. The van der Waals surface area contributed by atoms with Gasteiger partial charge in [-0.05, 0) is 18.2 Å². The summed E-state index contributed by atoms with van der Waals surface area (Å²) in [7, 11) is -3.75. The van der Waals surface area contributed by atoms with E-state index in [0.29, 0.717) is 10.9 Å². The predicted octanol–water partition coefficient (Wildman–Crippen LogP) is 1.73. The number of hydrogen-bond donors (Lipinski definition) is 1. The van der Waals surface area contributed by atoms with Crippen molar-refractivity contribution in [3.05, 3.63) is 54.9 Å². The maximum Gasteiger partial charge on any atom is 0.411 e. The average molecular weight is 317 g/mol. The Morgan fingerprint density at radius 3 is 2.59 bits per heavy atom. The summed E-state index contributed by atoms with van der Waals surface area (Å²) in [6.07, 6.45) is 1.81. The van der Waals surface area contributed by atoms with Crippen molar-refractivity contribution >= 4 is 27.0 Å². The number of amides is 1. The lowest BCUT2D eigenvalue weighted by Crippen LogP contribution is -2.17. The second-order valence-corrected chi connectivity index (χ2v) is 6.25. The van der Waals surface area contributed by atoms with Gasteiger partial charge in [0.2, 0.25) is 5.88 Å². The number of nitrogens with two attached hydrogens (primary N) is 1. The summed E-state index contributed by atoms with van der Waals surface area (Å²) in [6.45, 7) is 0. The molecule has 0 saturated carbocycles. The van der Waals surface area contributed by atoms with Gasteiger partial charge in [-0.1, -0.05) is 18.2 Å². The number of hydrogen-bond acceptors (Lipinski definition) is 5. The molecule has 0 aliphatic carbocycles. The summed E-state index contributed by atoms with van der Waals surface area (Å²) in [5, 5.41) is 0.594. The topological polar surface area (TPSA) is 104 Å². The Kier molecular flexibility index (Phi) is 3.30. The van der Waals surface area contributed by atoms with Crippen molar-refractivity contribution in [2.24, 2.45) is 5.73 Å². The third kappa shape index (κ3) is 2.40. The van der Waals surface area contributed by atoms with E-state index in [2.05, 4.69) is 9.72 Å². The zero-order valence-corrected chi connectivity index (χ0v) is 12.0. The molecule has 22 heavy (non-hydrogen) atoms. The van der Waals surface area contributed by atoms with Crippen molar-refractivity contribution in [1.82, 2.24) is 8.96 Å². The van der Waals surface area contributed by atoms with Crippen molar-refractivity contribution < 1.29 is 17.9 Å². The smallest absolute Gasteiger partial charge is 0.391 e. The number of rotatable bonds is 3. The second kappa shape index (κ2) is 5.15. The molecule has 1 amide bonds. The summed E-state index contributed by atoms with van der Waals surface area (Å²) < 4.78 is 31.1. The van der Waals surface area contributed by atoms with Crippen molar-refractivity contribution in [2.75, 3.05) is 0 Å². The number of aromatic nitrogens is 2. The van der Waals surface area contributed by atoms with E-state index in [9.17, 15) is 13.2 Å². The molecule has 2 N–H and O–H groups in total. The molecular formula is C14H11N3O4S. The first-order valence-electron chi connectivity index (χ1n) is 6.23. The Bertz CT molecular complexity index is 949. The second-order valence-electron chi connectivity index (χ2n) is 4.43. The van der Waals surface area contributed by atoms with Gasteiger partial charge in [0.1, 0.15) is 0 Å². The number of primary amides is 1. The van der Waals surface area contributed by atoms with Gasteiger partial charge in [-0.3, -0.25) is 0 Å². The molecule has 3 aromatic rings. The fourth-order valence-corrected chi connectivity index (χ4v) is 3.43. The maximum atomic E-state index is 12.7. The maximum absolute atomic E-state index is 12.7. The van der Waals surface area contributed by atoms with E-state index in [1.165, 1.54) is 30.6 Å². The zero-order valence-electron chi connectivity index (χ0n) is 11.2. The number of ether oxygens (including phenoxy) is 1. The molecule has 3 rings (SSSR count). The molecule has 0 unspecified atom stereocenters. The molecular weight excluding hydrogens is 306 g/mol. The molecule has 0 aliphatic heterocycles. The molecule has 0 saturated heterocycles. The fraction of sp³-hybridized carbons (Fsp3) is 0. The average Bonchev–Trinajstić information content (AvgIpc) is 2.91. The highest BCUT2D eigenvalue weighted by molar-refractivity contribution is 7.90. The highest BCUT2D eigenvalue weighted by atomic mass is 32.2. The molecule has 2 aromatic heterocycles. The predicted molar refractivity (Wildman–Crippen MR) is 79.0 cm³/mol. The first-order valence-corrected chi connectivity index (χ1v) is 7.67. The largest absolute Gasteiger partial charge is 0.411 e. The van der Waals surface area contributed by atoms with Gasteiger partial charge in [-0.2, -0.15) is 0 Å². The van der Waals surface area contributed by atoms with Crippen LogP contribution in [0.15, 0.2) is 59.8 Å². The lowest BCUT2D eigenvalue weighted by Gasteiger charge is -2.08. The number of benzene rings is 1. The number of carbonyl (C=O) groups excluding carboxylic acids is 1. The van der Waals surface area contributed by atoms with Crippen molar-refractivity contribution in [3.63, 3.8) is 0 Å². The van der Waals surface area contributed by atoms with Gasteiger partial charge < -0.3 is 10.5 Å². The van der Waals surface area contributed by atoms with Crippen LogP contribution >= 0.6 is 0 Å². The van der Waals surface area contributed by atoms with E-state index in [1.54, 1.807) is 24.3 Å². The van der Waals surface area contributed by atoms with Crippen molar-refractivity contribution in [2.45, 2.75) is 4.90 Å². The molecule has 7 nitrogen and oxygen atoms in total. The normalized spacial score (nSPS) is 11.5. The van der Waals surface area contributed by atoms with Crippen molar-refractivity contribution in [3.8, 4) is 5.88 Å². The molecule has 0 radical (unpaired) electrons. The van der Waals surface area contributed by atoms with E-state index in [0.717, 1.165) is 3.97 Å². The molecule has 0 atom stereocenters. The summed E-state index contributed by atoms with van der Waals surface area (Å²) in [4.78, 5) is 14.8. The number of nitrogens with zero attached hydrogens (tertiary/aromatic N) is 2. The minimum absolute atomic E-state index is 0.0665. The number of carbonyl (C=O) groups is 1. The number of pyridine rings is 1. The highest BCUT2D eigenvalue weighted by Crippen LogP contribution is 2.24. The van der Waals surface area contributed by atoms with E-state index in [-0.39, 0.29) is 10.8 Å². The monoisotopic (exact) mass is 317 g/mol. The Balaban J connectivity index is 2.17. The van der Waals surface area contributed by atoms with Gasteiger partial charge in [0, 0.05) is 23.8 Å². The molecule has 0 spiro atoms. The number of fused-ring (bicyclic) bond motifs is 1. The van der Waals surface area contributed by atoms with Gasteiger partial charge in [-0.15, -0.1) is 0 Å². The third-order valence-corrected chi connectivity index (χ3v) is 4.72. The molecule has 8 heteroatoms. The van der Waals surface area contributed by atoms with Crippen molar-refractivity contribution in [1.29, 1.82) is 0 Å². The third-order valence-electron chi connectivity index (χ3n) is 3.02. The fourth-order valence-electron chi connectivity index (χ4n) is 2.06. The molecule has 1 aromatic carbocycles. The molecule has 0 fully saturated rings. The molecule has 0 aliphatic rings. The SMILES string of the molecule is NC(=O)Oc1cc2c(ccn2S(=O)(=O)c2ccccc2)cn1. The van der Waals surface area contributed by atoms with Crippen LogP contribution in [0, 0.1) is 0 Å². The van der Waals surface area contributed by atoms with Gasteiger partial charge >= 0.3 is 6.09 Å². The van der Waals surface area contributed by atoms with Crippen LogP contribution in [0.3, 0.4) is 0 Å². The van der Waals surface area contributed by atoms with E-state index >= 15 is 0 Å². The van der Waals surface area contributed by atoms with Crippen LogP contribution in [0.1, 0.15) is 0 Å². The summed E-state index contributed by atoms with van der Waals surface area (Å²) in [6, 6.07) is 11.0. The van der Waals surface area contributed by atoms with Crippen LogP contribution in [0.4, 0.5) is 4.79 Å². The summed E-state index contributed by atoms with van der Waals surface area (Å²) >= 11 is 0. The standard InChI is InChI=1S/C14H11N3O4S/c15-14(18)21-13-8-12-10(9-16-13)6-7-17(12)22(19,20)11-4-2-1-3-5-11/h1-9H,(H2,15,18). The summed E-state index contributed by atoms with van der Waals surface area (Å²) in [5.41, 5.74) is 5.28. The quantitative estimate of drug-likeness (QED) is 0.792. The molecule has 2 heterocycles. The van der Waals surface area contributed by atoms with E-state index < -0.39 is 16.1 Å². The lowest BCUT2D eigenvalue weighted by atomic mass is 10.3. The van der Waals surface area contributed by atoms with Gasteiger partial charge in [0.05, 0.1) is 10.4 Å². The first-order chi connectivity index (χ1) is 10.5. The van der Waals surface area contributed by atoms with Crippen LogP contribution in [-0.2, 0) is 10.0 Å². The Morgan fingerprint density at radius 2 is 1.91 bits per heavy atom. The molecule has 0 bridgehead atoms. The van der Waals surface area contributed by atoms with Gasteiger partial charge in [0.25, 0.3) is 10.0 Å². The minimum Gasteiger partial charge on any atom is -0.391 e. The van der Waals surface area contributed by atoms with E-state index in [4.69, 9.17) is 5.73 Å². The Morgan fingerprint density at radius 1 is 1.18 bits per heavy atom. The van der Waals surface area contributed by atoms with Gasteiger partial charge in [0.15, 0.2) is 0 Å². The minimum atomic E-state index is -3.75. The Labute approximate surface area is 126 Å². The van der Waals surface area contributed by atoms with Crippen LogP contribution in [0.5, 0.6) is 5.88 Å².